The van der Waals surface area contributed by atoms with E-state index < -0.39 is 0 Å². The van der Waals surface area contributed by atoms with Gasteiger partial charge in [-0.25, -0.2) is 0 Å². The van der Waals surface area contributed by atoms with Crippen molar-refractivity contribution in [2.75, 3.05) is 20.6 Å². The molecule has 0 aliphatic heterocycles. The van der Waals surface area contributed by atoms with E-state index in [1.807, 2.05) is 13.2 Å². The minimum Gasteiger partial charge on any atom is -0.309 e. The van der Waals surface area contributed by atoms with Gasteiger partial charge in [0, 0.05) is 25.8 Å². The molecule has 0 aliphatic rings. The van der Waals surface area contributed by atoms with E-state index in [9.17, 15) is 0 Å². The molecule has 0 aliphatic carbocycles. The van der Waals surface area contributed by atoms with Gasteiger partial charge in [-0.1, -0.05) is 5.21 Å². The van der Waals surface area contributed by atoms with E-state index in [4.69, 9.17) is 0 Å². The molecule has 0 saturated carbocycles. The molecule has 5 heteroatoms. The Kier molecular flexibility index (Phi) is 4.71. The molecule has 0 spiro atoms. The lowest BCUT2D eigenvalue weighted by molar-refractivity contribution is 0.365. The Hall–Kier alpha value is -0.940. The Balaban J connectivity index is 2.19. The molecule has 0 bridgehead atoms. The average Bonchev–Trinajstić information content (AvgIpc) is 2.58. The monoisotopic (exact) mass is 211 g/mol. The highest BCUT2D eigenvalue weighted by Crippen LogP contribution is 1.95. The third-order valence-corrected chi connectivity index (χ3v) is 2.29. The van der Waals surface area contributed by atoms with Crippen molar-refractivity contribution in [3.63, 3.8) is 0 Å². The Labute approximate surface area is 91.5 Å². The second kappa shape index (κ2) is 5.82. The van der Waals surface area contributed by atoms with Crippen LogP contribution in [-0.2, 0) is 13.6 Å². The van der Waals surface area contributed by atoms with Gasteiger partial charge in [0.2, 0.25) is 0 Å². The molecule has 0 amide bonds. The first-order chi connectivity index (χ1) is 7.08. The average molecular weight is 211 g/mol. The Bertz CT molecular complexity index is 281. The number of nitrogens with zero attached hydrogens (tertiary/aromatic N) is 4. The van der Waals surface area contributed by atoms with E-state index in [1.165, 1.54) is 0 Å². The van der Waals surface area contributed by atoms with Crippen LogP contribution in [0.2, 0.25) is 0 Å². The molecule has 1 aromatic rings. The van der Waals surface area contributed by atoms with Gasteiger partial charge < -0.3 is 10.2 Å². The Morgan fingerprint density at radius 1 is 1.53 bits per heavy atom. The van der Waals surface area contributed by atoms with Crippen LogP contribution >= 0.6 is 0 Å². The molecule has 1 heterocycles. The lowest BCUT2D eigenvalue weighted by Crippen LogP contribution is -2.29. The maximum absolute atomic E-state index is 4.02. The molecule has 0 aromatic carbocycles. The normalized spacial score (nSPS) is 13.4. The molecule has 15 heavy (non-hydrogen) atoms. The van der Waals surface area contributed by atoms with Crippen molar-refractivity contribution in [3.05, 3.63) is 11.9 Å². The number of hydrogen-bond donors (Lipinski definition) is 1. The van der Waals surface area contributed by atoms with Crippen molar-refractivity contribution in [2.45, 2.75) is 25.9 Å². The molecule has 86 valence electrons. The van der Waals surface area contributed by atoms with Crippen LogP contribution in [-0.4, -0.2) is 46.6 Å². The lowest BCUT2D eigenvalue weighted by atomic mass is 10.2. The van der Waals surface area contributed by atoms with E-state index in [2.05, 4.69) is 41.5 Å². The van der Waals surface area contributed by atoms with Gasteiger partial charge in [-0.3, -0.25) is 4.68 Å². The van der Waals surface area contributed by atoms with Crippen LogP contribution in [0.1, 0.15) is 19.0 Å². The summed E-state index contributed by atoms with van der Waals surface area (Å²) >= 11 is 0. The zero-order valence-electron chi connectivity index (χ0n) is 10.1. The molecule has 1 N–H and O–H groups in total. The maximum atomic E-state index is 4.02. The molecule has 0 radical (unpaired) electrons. The van der Waals surface area contributed by atoms with Crippen LogP contribution in [0.4, 0.5) is 0 Å². The standard InChI is InChI=1S/C10H21N5/c1-9(5-6-14(2)3)11-7-10-8-15(4)13-12-10/h8-9,11H,5-7H2,1-4H3. The van der Waals surface area contributed by atoms with E-state index >= 15 is 0 Å². The van der Waals surface area contributed by atoms with E-state index in [-0.39, 0.29) is 0 Å². The predicted octanol–water partition coefficient (Wildman–Crippen LogP) is 0.245. The molecule has 1 rings (SSSR count). The van der Waals surface area contributed by atoms with Crippen molar-refractivity contribution < 1.29 is 0 Å². The van der Waals surface area contributed by atoms with Crippen molar-refractivity contribution in [1.29, 1.82) is 0 Å². The number of nitrogens with one attached hydrogen (secondary N) is 1. The van der Waals surface area contributed by atoms with Crippen LogP contribution < -0.4 is 5.32 Å². The first kappa shape index (κ1) is 12.1. The molecular weight excluding hydrogens is 190 g/mol. The van der Waals surface area contributed by atoms with Crippen LogP contribution in [0, 0.1) is 0 Å². The molecule has 0 saturated heterocycles. The third-order valence-electron chi connectivity index (χ3n) is 2.29. The number of aryl methyl sites for hydroxylation is 1. The Morgan fingerprint density at radius 2 is 2.27 bits per heavy atom. The van der Waals surface area contributed by atoms with Gasteiger partial charge in [0.15, 0.2) is 0 Å². The van der Waals surface area contributed by atoms with Crippen molar-refractivity contribution in [3.8, 4) is 0 Å². The molecule has 1 unspecified atom stereocenters. The van der Waals surface area contributed by atoms with Crippen molar-refractivity contribution in [1.82, 2.24) is 25.2 Å². The quantitative estimate of drug-likeness (QED) is 0.732. The van der Waals surface area contributed by atoms with Crippen LogP contribution in [0.25, 0.3) is 0 Å². The summed E-state index contributed by atoms with van der Waals surface area (Å²) < 4.78 is 1.72. The van der Waals surface area contributed by atoms with Gasteiger partial charge in [0.25, 0.3) is 0 Å². The molecular formula is C10H21N5. The molecule has 0 fully saturated rings. The summed E-state index contributed by atoms with van der Waals surface area (Å²) in [6.45, 7) is 4.09. The van der Waals surface area contributed by atoms with Crippen LogP contribution in [0.15, 0.2) is 6.20 Å². The van der Waals surface area contributed by atoms with Crippen molar-refractivity contribution >= 4 is 0 Å². The SMILES string of the molecule is CC(CCN(C)C)NCc1cn(C)nn1. The van der Waals surface area contributed by atoms with Crippen LogP contribution in [0.3, 0.4) is 0 Å². The fourth-order valence-electron chi connectivity index (χ4n) is 1.31. The van der Waals surface area contributed by atoms with Gasteiger partial charge in [-0.15, -0.1) is 5.10 Å². The molecule has 1 aromatic heterocycles. The summed E-state index contributed by atoms with van der Waals surface area (Å²) in [5, 5.41) is 11.3. The van der Waals surface area contributed by atoms with Crippen LogP contribution in [0.5, 0.6) is 0 Å². The zero-order valence-corrected chi connectivity index (χ0v) is 10.1. The van der Waals surface area contributed by atoms with Gasteiger partial charge in [0.05, 0.1) is 5.69 Å². The molecule has 1 atom stereocenters. The highest BCUT2D eigenvalue weighted by Gasteiger charge is 2.03. The van der Waals surface area contributed by atoms with Gasteiger partial charge in [0.1, 0.15) is 0 Å². The van der Waals surface area contributed by atoms with Crippen molar-refractivity contribution in [2.24, 2.45) is 7.05 Å². The number of aromatic nitrogens is 3. The highest BCUT2D eigenvalue weighted by molar-refractivity contribution is 4.91. The first-order valence-corrected chi connectivity index (χ1v) is 5.31. The topological polar surface area (TPSA) is 46.0 Å². The summed E-state index contributed by atoms with van der Waals surface area (Å²) in [6, 6.07) is 0.509. The fourth-order valence-corrected chi connectivity index (χ4v) is 1.31. The second-order valence-corrected chi connectivity index (χ2v) is 4.26. The lowest BCUT2D eigenvalue weighted by Gasteiger charge is -2.15. The van der Waals surface area contributed by atoms with E-state index in [0.29, 0.717) is 6.04 Å². The summed E-state index contributed by atoms with van der Waals surface area (Å²) in [5.41, 5.74) is 0.995. The van der Waals surface area contributed by atoms with Gasteiger partial charge >= 0.3 is 0 Å². The fraction of sp³-hybridized carbons (Fsp3) is 0.800. The number of hydrogen-bond acceptors (Lipinski definition) is 4. The van der Waals surface area contributed by atoms with E-state index in [1.54, 1.807) is 4.68 Å². The minimum absolute atomic E-state index is 0.509. The summed E-state index contributed by atoms with van der Waals surface area (Å²) in [4.78, 5) is 2.19. The summed E-state index contributed by atoms with van der Waals surface area (Å²) in [7, 11) is 6.07. The Morgan fingerprint density at radius 3 is 2.80 bits per heavy atom. The largest absolute Gasteiger partial charge is 0.309 e. The van der Waals surface area contributed by atoms with Gasteiger partial charge in [-0.2, -0.15) is 0 Å². The first-order valence-electron chi connectivity index (χ1n) is 5.31. The minimum atomic E-state index is 0.509. The third kappa shape index (κ3) is 4.90. The predicted molar refractivity (Wildman–Crippen MR) is 60.5 cm³/mol. The summed E-state index contributed by atoms with van der Waals surface area (Å²) in [6.07, 6.45) is 3.08. The maximum Gasteiger partial charge on any atom is 0.0964 e. The summed E-state index contributed by atoms with van der Waals surface area (Å²) in [5.74, 6) is 0. The number of rotatable bonds is 6. The highest BCUT2D eigenvalue weighted by atomic mass is 15.4. The van der Waals surface area contributed by atoms with E-state index in [0.717, 1.165) is 25.2 Å². The molecule has 5 nitrogen and oxygen atoms in total. The second-order valence-electron chi connectivity index (χ2n) is 4.26. The smallest absolute Gasteiger partial charge is 0.0964 e. The zero-order chi connectivity index (χ0) is 11.3. The van der Waals surface area contributed by atoms with Gasteiger partial charge in [-0.05, 0) is 34.0 Å².